The summed E-state index contributed by atoms with van der Waals surface area (Å²) in [4.78, 5) is 52.0. The van der Waals surface area contributed by atoms with Crippen molar-refractivity contribution in [3.05, 3.63) is 107 Å². The van der Waals surface area contributed by atoms with Crippen molar-refractivity contribution in [3.8, 4) is 0 Å². The van der Waals surface area contributed by atoms with Crippen LogP contribution in [0, 0.1) is 5.92 Å². The van der Waals surface area contributed by atoms with Crippen molar-refractivity contribution < 1.29 is 23.9 Å². The Hall–Kier alpha value is -4.30. The minimum Gasteiger partial charge on any atom is -0.454 e. The van der Waals surface area contributed by atoms with Gasteiger partial charge in [-0.05, 0) is 47.9 Å². The number of Topliss-reactive ketones (excluding diaryl/α,β-unsaturated/α-hetero) is 1. The number of ether oxygens (including phenoxy) is 1. The molecule has 0 aliphatic carbocycles. The average molecular weight is 571 g/mol. The Morgan fingerprint density at radius 1 is 0.868 bits per heavy atom. The topological polar surface area (TPSA) is 92.8 Å². The van der Waals surface area contributed by atoms with Gasteiger partial charge in [0.2, 0.25) is 11.8 Å². The lowest BCUT2D eigenvalue weighted by Gasteiger charge is -2.19. The molecule has 190 valence electrons. The van der Waals surface area contributed by atoms with E-state index in [2.05, 4.69) is 21.2 Å². The Bertz CT molecular complexity index is 1530. The van der Waals surface area contributed by atoms with Crippen LogP contribution in [0.2, 0.25) is 0 Å². The molecule has 8 heteroatoms. The van der Waals surface area contributed by atoms with Crippen LogP contribution in [0.1, 0.15) is 27.1 Å². The monoisotopic (exact) mass is 570 g/mol. The van der Waals surface area contributed by atoms with Gasteiger partial charge in [-0.25, -0.2) is 4.79 Å². The van der Waals surface area contributed by atoms with Crippen LogP contribution in [0.4, 0.5) is 11.4 Å². The van der Waals surface area contributed by atoms with Gasteiger partial charge in [0.15, 0.2) is 12.4 Å². The van der Waals surface area contributed by atoms with Gasteiger partial charge in [0.25, 0.3) is 0 Å². The highest BCUT2D eigenvalue weighted by Crippen LogP contribution is 2.32. The van der Waals surface area contributed by atoms with Crippen LogP contribution < -0.4 is 10.2 Å². The van der Waals surface area contributed by atoms with Crippen molar-refractivity contribution >= 4 is 61.6 Å². The number of rotatable bonds is 7. The Morgan fingerprint density at radius 2 is 1.55 bits per heavy atom. The van der Waals surface area contributed by atoms with Crippen molar-refractivity contribution in [1.82, 2.24) is 0 Å². The Kier molecular flexibility index (Phi) is 7.33. The van der Waals surface area contributed by atoms with Crippen LogP contribution in [-0.4, -0.2) is 36.7 Å². The van der Waals surface area contributed by atoms with E-state index in [4.69, 9.17) is 4.74 Å². The van der Waals surface area contributed by atoms with E-state index < -0.39 is 11.9 Å². The van der Waals surface area contributed by atoms with E-state index in [0.717, 1.165) is 20.9 Å². The summed E-state index contributed by atoms with van der Waals surface area (Å²) in [5.74, 6) is -1.82. The molecular formula is C30H23BrN2O5. The van der Waals surface area contributed by atoms with Crippen LogP contribution in [0.25, 0.3) is 10.8 Å². The molecule has 1 N–H and O–H groups in total. The number of fused-ring (bicyclic) bond motifs is 1. The molecule has 0 spiro atoms. The van der Waals surface area contributed by atoms with Crippen molar-refractivity contribution in [1.29, 1.82) is 0 Å². The third-order valence-electron chi connectivity index (χ3n) is 6.44. The molecule has 0 saturated carbocycles. The van der Waals surface area contributed by atoms with Crippen molar-refractivity contribution in [2.45, 2.75) is 6.42 Å². The molecule has 1 atom stereocenters. The number of nitrogens with zero attached hydrogens (tertiary/aromatic N) is 1. The Labute approximate surface area is 227 Å². The molecule has 0 radical (unpaired) electrons. The number of carbonyl (C=O) groups excluding carboxylic acids is 4. The molecule has 1 aliphatic rings. The molecule has 1 saturated heterocycles. The van der Waals surface area contributed by atoms with E-state index in [1.807, 2.05) is 42.5 Å². The van der Waals surface area contributed by atoms with Crippen molar-refractivity contribution in [3.63, 3.8) is 0 Å². The Balaban J connectivity index is 1.17. The van der Waals surface area contributed by atoms with E-state index in [1.165, 1.54) is 12.1 Å². The predicted octanol–water partition coefficient (Wildman–Crippen LogP) is 5.63. The first-order chi connectivity index (χ1) is 18.4. The first-order valence-corrected chi connectivity index (χ1v) is 12.8. The zero-order valence-corrected chi connectivity index (χ0v) is 21.8. The van der Waals surface area contributed by atoms with Crippen LogP contribution in [0.5, 0.6) is 0 Å². The van der Waals surface area contributed by atoms with E-state index in [-0.39, 0.29) is 42.7 Å². The zero-order chi connectivity index (χ0) is 26.6. The number of nitrogens with one attached hydrogen (secondary N) is 1. The summed E-state index contributed by atoms with van der Waals surface area (Å²) >= 11 is 3.31. The van der Waals surface area contributed by atoms with Gasteiger partial charge >= 0.3 is 5.97 Å². The minimum atomic E-state index is -0.638. The van der Waals surface area contributed by atoms with Gasteiger partial charge < -0.3 is 15.0 Å². The predicted molar refractivity (Wildman–Crippen MR) is 148 cm³/mol. The van der Waals surface area contributed by atoms with E-state index in [0.29, 0.717) is 11.3 Å². The van der Waals surface area contributed by atoms with Gasteiger partial charge in [0.05, 0.1) is 17.2 Å². The van der Waals surface area contributed by atoms with Crippen LogP contribution in [0.3, 0.4) is 0 Å². The number of halogens is 1. The molecule has 0 unspecified atom stereocenters. The fourth-order valence-corrected chi connectivity index (χ4v) is 4.69. The first kappa shape index (κ1) is 25.4. The molecule has 38 heavy (non-hydrogen) atoms. The average Bonchev–Trinajstić information content (AvgIpc) is 3.33. The quantitative estimate of drug-likeness (QED) is 0.229. The largest absolute Gasteiger partial charge is 0.454 e. The molecule has 4 aromatic carbocycles. The van der Waals surface area contributed by atoms with Crippen LogP contribution in [-0.2, 0) is 14.3 Å². The van der Waals surface area contributed by atoms with Crippen LogP contribution in [0.15, 0.2) is 95.5 Å². The molecule has 0 aromatic heterocycles. The fraction of sp³-hybridized carbons (Fsp3) is 0.133. The maximum atomic E-state index is 12.9. The second-order valence-corrected chi connectivity index (χ2v) is 9.89. The normalized spacial score (nSPS) is 14.9. The summed E-state index contributed by atoms with van der Waals surface area (Å²) in [5.41, 5.74) is 1.99. The molecule has 4 aromatic rings. The Morgan fingerprint density at radius 3 is 2.32 bits per heavy atom. The standard InChI is InChI=1S/C30H23BrN2O5/c31-23-12-8-20(9-13-23)27(34)18-38-30(37)21-10-14-24(15-11-21)32-29(36)22-16-28(35)33(17-22)26-7-3-5-19-4-1-2-6-25(19)26/h1-15,22H,16-18H2,(H,32,36)/t22-/m0/s1. The lowest BCUT2D eigenvalue weighted by molar-refractivity contribution is -0.122. The highest BCUT2D eigenvalue weighted by Gasteiger charge is 2.35. The number of amides is 2. The fourth-order valence-electron chi connectivity index (χ4n) is 4.43. The summed E-state index contributed by atoms with van der Waals surface area (Å²) in [7, 11) is 0. The number of hydrogen-bond donors (Lipinski definition) is 1. The molecule has 0 bridgehead atoms. The van der Waals surface area contributed by atoms with Gasteiger partial charge in [0, 0.05) is 34.1 Å². The third kappa shape index (κ3) is 5.50. The third-order valence-corrected chi connectivity index (χ3v) is 6.97. The van der Waals surface area contributed by atoms with Gasteiger partial charge in [0.1, 0.15) is 0 Å². The second-order valence-electron chi connectivity index (χ2n) is 8.98. The smallest absolute Gasteiger partial charge is 0.338 e. The van der Waals surface area contributed by atoms with Gasteiger partial charge in [-0.15, -0.1) is 0 Å². The zero-order valence-electron chi connectivity index (χ0n) is 20.2. The molecule has 7 nitrogen and oxygen atoms in total. The van der Waals surface area contributed by atoms with Crippen LogP contribution >= 0.6 is 15.9 Å². The lowest BCUT2D eigenvalue weighted by atomic mass is 10.1. The summed E-state index contributed by atoms with van der Waals surface area (Å²) < 4.78 is 5.99. The number of ketones is 1. The van der Waals surface area contributed by atoms with Crippen molar-refractivity contribution in [2.75, 3.05) is 23.4 Å². The maximum Gasteiger partial charge on any atom is 0.338 e. The molecule has 1 aliphatic heterocycles. The van der Waals surface area contributed by atoms with Gasteiger partial charge in [-0.3, -0.25) is 14.4 Å². The van der Waals surface area contributed by atoms with E-state index in [9.17, 15) is 19.2 Å². The number of anilines is 2. The second kappa shape index (κ2) is 11.0. The minimum absolute atomic E-state index is 0.0997. The highest BCUT2D eigenvalue weighted by molar-refractivity contribution is 9.10. The molecular weight excluding hydrogens is 548 g/mol. The molecule has 1 heterocycles. The molecule has 2 amide bonds. The summed E-state index contributed by atoms with van der Waals surface area (Å²) in [6.07, 6.45) is 0.117. The van der Waals surface area contributed by atoms with Gasteiger partial charge in [-0.1, -0.05) is 64.5 Å². The maximum absolute atomic E-state index is 12.9. The molecule has 1 fully saturated rings. The van der Waals surface area contributed by atoms with E-state index >= 15 is 0 Å². The van der Waals surface area contributed by atoms with Crippen molar-refractivity contribution in [2.24, 2.45) is 5.92 Å². The number of hydrogen-bond acceptors (Lipinski definition) is 5. The summed E-state index contributed by atoms with van der Waals surface area (Å²) in [5, 5.41) is 4.82. The lowest BCUT2D eigenvalue weighted by Crippen LogP contribution is -2.28. The number of carbonyl (C=O) groups is 4. The van der Waals surface area contributed by atoms with E-state index in [1.54, 1.807) is 41.3 Å². The SMILES string of the molecule is O=C(COC(=O)c1ccc(NC(=O)[C@H]2CC(=O)N(c3cccc4ccccc34)C2)cc1)c1ccc(Br)cc1. The van der Waals surface area contributed by atoms with Gasteiger partial charge in [-0.2, -0.15) is 0 Å². The molecule has 5 rings (SSSR count). The number of benzene rings is 4. The number of esters is 1. The first-order valence-electron chi connectivity index (χ1n) is 12.0. The highest BCUT2D eigenvalue weighted by atomic mass is 79.9. The summed E-state index contributed by atoms with van der Waals surface area (Å²) in [6.45, 7) is -0.0860. The summed E-state index contributed by atoms with van der Waals surface area (Å²) in [6, 6.07) is 26.6.